The lowest BCUT2D eigenvalue weighted by atomic mass is 10.0. The van der Waals surface area contributed by atoms with Gasteiger partial charge in [0, 0.05) is 13.6 Å². The van der Waals surface area contributed by atoms with Gasteiger partial charge >= 0.3 is 0 Å². The molecule has 98 valence electrons. The number of nitrogens with zero attached hydrogens (tertiary/aromatic N) is 1. The summed E-state index contributed by atoms with van der Waals surface area (Å²) < 4.78 is 0. The molecule has 1 aromatic carbocycles. The van der Waals surface area contributed by atoms with Crippen molar-refractivity contribution in [2.75, 3.05) is 13.6 Å². The van der Waals surface area contributed by atoms with E-state index in [0.29, 0.717) is 6.54 Å². The van der Waals surface area contributed by atoms with Crippen molar-refractivity contribution in [3.8, 4) is 0 Å². The number of carbonyl (C=O) groups excluding carboxylic acids is 1. The zero-order valence-electron chi connectivity index (χ0n) is 11.3. The third-order valence-electron chi connectivity index (χ3n) is 3.49. The molecule has 1 saturated heterocycles. The van der Waals surface area contributed by atoms with Crippen molar-refractivity contribution in [1.29, 1.82) is 0 Å². The van der Waals surface area contributed by atoms with Crippen molar-refractivity contribution in [1.82, 2.24) is 10.2 Å². The van der Waals surface area contributed by atoms with Crippen LogP contribution in [0.1, 0.15) is 30.4 Å². The second-order valence-electron chi connectivity index (χ2n) is 5.19. The molecule has 18 heavy (non-hydrogen) atoms. The standard InChI is InChI=1S/C15H22N2O/c1-12-6-5-7-13(10-12)11-17(2)15(18)14-8-3-4-9-16-14/h5-7,10,14,16H,3-4,8-9,11H2,1-2H3/t14-/m1/s1. The quantitative estimate of drug-likeness (QED) is 0.885. The van der Waals surface area contributed by atoms with Gasteiger partial charge in [-0.1, -0.05) is 36.2 Å². The highest BCUT2D eigenvalue weighted by Gasteiger charge is 2.23. The molecule has 1 heterocycles. The Bertz CT molecular complexity index is 411. The predicted octanol–water partition coefficient (Wildman–Crippen LogP) is 2.10. The second-order valence-corrected chi connectivity index (χ2v) is 5.19. The molecule has 1 amide bonds. The van der Waals surface area contributed by atoms with Gasteiger partial charge in [0.2, 0.25) is 5.91 Å². The van der Waals surface area contributed by atoms with Crippen LogP contribution in [0.15, 0.2) is 24.3 Å². The number of likely N-dealkylation sites (N-methyl/N-ethyl adjacent to an activating group) is 1. The summed E-state index contributed by atoms with van der Waals surface area (Å²) in [6.07, 6.45) is 3.31. The number of hydrogen-bond donors (Lipinski definition) is 1. The van der Waals surface area contributed by atoms with Crippen LogP contribution in [0.25, 0.3) is 0 Å². The van der Waals surface area contributed by atoms with E-state index in [0.717, 1.165) is 19.4 Å². The maximum atomic E-state index is 12.3. The van der Waals surface area contributed by atoms with Crippen LogP contribution in [0, 0.1) is 6.92 Å². The van der Waals surface area contributed by atoms with E-state index in [2.05, 4.69) is 30.4 Å². The minimum Gasteiger partial charge on any atom is -0.340 e. The van der Waals surface area contributed by atoms with E-state index in [4.69, 9.17) is 0 Å². The normalized spacial score (nSPS) is 19.6. The van der Waals surface area contributed by atoms with Gasteiger partial charge in [0.1, 0.15) is 0 Å². The number of amides is 1. The average molecular weight is 246 g/mol. The summed E-state index contributed by atoms with van der Waals surface area (Å²) in [6.45, 7) is 3.74. The van der Waals surface area contributed by atoms with Crippen molar-refractivity contribution >= 4 is 5.91 Å². The fourth-order valence-electron chi connectivity index (χ4n) is 2.49. The fourth-order valence-corrected chi connectivity index (χ4v) is 2.49. The molecule has 1 aromatic rings. The summed E-state index contributed by atoms with van der Waals surface area (Å²) in [5, 5.41) is 3.31. The monoisotopic (exact) mass is 246 g/mol. The zero-order chi connectivity index (χ0) is 13.0. The number of rotatable bonds is 3. The first kappa shape index (κ1) is 13.1. The van der Waals surface area contributed by atoms with E-state index in [-0.39, 0.29) is 11.9 Å². The number of nitrogens with one attached hydrogen (secondary N) is 1. The largest absolute Gasteiger partial charge is 0.340 e. The topological polar surface area (TPSA) is 32.3 Å². The predicted molar refractivity (Wildman–Crippen MR) is 73.3 cm³/mol. The third-order valence-corrected chi connectivity index (χ3v) is 3.49. The molecule has 1 atom stereocenters. The van der Waals surface area contributed by atoms with E-state index >= 15 is 0 Å². The summed E-state index contributed by atoms with van der Waals surface area (Å²) >= 11 is 0. The smallest absolute Gasteiger partial charge is 0.239 e. The van der Waals surface area contributed by atoms with E-state index in [1.54, 1.807) is 0 Å². The molecule has 0 aliphatic carbocycles. The number of piperidine rings is 1. The van der Waals surface area contributed by atoms with Crippen LogP contribution in [0.3, 0.4) is 0 Å². The molecule has 0 unspecified atom stereocenters. The lowest BCUT2D eigenvalue weighted by Gasteiger charge is -2.27. The summed E-state index contributed by atoms with van der Waals surface area (Å²) in [6, 6.07) is 8.35. The maximum Gasteiger partial charge on any atom is 0.239 e. The molecular weight excluding hydrogens is 224 g/mol. The molecule has 1 fully saturated rings. The van der Waals surface area contributed by atoms with Crippen molar-refractivity contribution in [3.63, 3.8) is 0 Å². The summed E-state index contributed by atoms with van der Waals surface area (Å²) in [5.41, 5.74) is 2.44. The van der Waals surface area contributed by atoms with Gasteiger partial charge in [-0.15, -0.1) is 0 Å². The van der Waals surface area contributed by atoms with E-state index in [1.807, 2.05) is 18.0 Å². The molecule has 0 bridgehead atoms. The fraction of sp³-hybridized carbons (Fsp3) is 0.533. The third kappa shape index (κ3) is 3.33. The zero-order valence-corrected chi connectivity index (χ0v) is 11.3. The Balaban J connectivity index is 1.94. The van der Waals surface area contributed by atoms with Crippen molar-refractivity contribution in [3.05, 3.63) is 35.4 Å². The van der Waals surface area contributed by atoms with Crippen LogP contribution in [-0.2, 0) is 11.3 Å². The van der Waals surface area contributed by atoms with Crippen molar-refractivity contribution in [2.45, 2.75) is 38.8 Å². The minimum absolute atomic E-state index is 0.0218. The first-order valence-electron chi connectivity index (χ1n) is 6.71. The first-order valence-corrected chi connectivity index (χ1v) is 6.71. The molecule has 3 nitrogen and oxygen atoms in total. The van der Waals surface area contributed by atoms with Crippen LogP contribution in [0.4, 0.5) is 0 Å². The Labute approximate surface area is 109 Å². The van der Waals surface area contributed by atoms with Crippen LogP contribution in [0.2, 0.25) is 0 Å². The Morgan fingerprint density at radius 1 is 1.44 bits per heavy atom. The SMILES string of the molecule is Cc1cccc(CN(C)C(=O)[C@H]2CCCCN2)c1. The molecule has 0 saturated carbocycles. The molecule has 2 rings (SSSR count). The maximum absolute atomic E-state index is 12.3. The Morgan fingerprint density at radius 3 is 2.94 bits per heavy atom. The van der Waals surface area contributed by atoms with Gasteiger partial charge in [-0.3, -0.25) is 4.79 Å². The Hall–Kier alpha value is -1.35. The molecular formula is C15H22N2O. The number of benzene rings is 1. The minimum atomic E-state index is 0.0218. The van der Waals surface area contributed by atoms with E-state index in [9.17, 15) is 4.79 Å². The van der Waals surface area contributed by atoms with Gasteiger partial charge in [0.15, 0.2) is 0 Å². The van der Waals surface area contributed by atoms with Gasteiger partial charge in [-0.2, -0.15) is 0 Å². The molecule has 1 aliphatic heterocycles. The summed E-state index contributed by atoms with van der Waals surface area (Å²) in [7, 11) is 1.89. The number of hydrogen-bond acceptors (Lipinski definition) is 2. The van der Waals surface area contributed by atoms with E-state index < -0.39 is 0 Å². The second kappa shape index (κ2) is 6.01. The lowest BCUT2D eigenvalue weighted by molar-refractivity contribution is -0.133. The van der Waals surface area contributed by atoms with Crippen LogP contribution >= 0.6 is 0 Å². The van der Waals surface area contributed by atoms with Crippen molar-refractivity contribution in [2.24, 2.45) is 0 Å². The van der Waals surface area contributed by atoms with Gasteiger partial charge in [0.05, 0.1) is 6.04 Å². The number of carbonyl (C=O) groups is 1. The molecule has 0 radical (unpaired) electrons. The van der Waals surface area contributed by atoms with Gasteiger partial charge < -0.3 is 10.2 Å². The molecule has 0 spiro atoms. The summed E-state index contributed by atoms with van der Waals surface area (Å²) in [4.78, 5) is 14.1. The average Bonchev–Trinajstić information content (AvgIpc) is 2.39. The highest BCUT2D eigenvalue weighted by atomic mass is 16.2. The van der Waals surface area contributed by atoms with Crippen LogP contribution in [0.5, 0.6) is 0 Å². The highest BCUT2D eigenvalue weighted by Crippen LogP contribution is 2.12. The Morgan fingerprint density at radius 2 is 2.28 bits per heavy atom. The highest BCUT2D eigenvalue weighted by molar-refractivity contribution is 5.81. The molecule has 1 aliphatic rings. The van der Waals surface area contributed by atoms with Gasteiger partial charge in [-0.05, 0) is 31.9 Å². The van der Waals surface area contributed by atoms with Gasteiger partial charge in [0.25, 0.3) is 0 Å². The molecule has 0 aromatic heterocycles. The van der Waals surface area contributed by atoms with E-state index in [1.165, 1.54) is 17.5 Å². The molecule has 1 N–H and O–H groups in total. The lowest BCUT2D eigenvalue weighted by Crippen LogP contribution is -2.46. The number of aryl methyl sites for hydroxylation is 1. The van der Waals surface area contributed by atoms with Crippen LogP contribution in [-0.4, -0.2) is 30.4 Å². The van der Waals surface area contributed by atoms with Crippen LogP contribution < -0.4 is 5.32 Å². The molecule has 3 heteroatoms. The van der Waals surface area contributed by atoms with Crippen molar-refractivity contribution < 1.29 is 4.79 Å². The summed E-state index contributed by atoms with van der Waals surface area (Å²) in [5.74, 6) is 0.219. The van der Waals surface area contributed by atoms with Gasteiger partial charge in [-0.25, -0.2) is 0 Å². The Kier molecular flexibility index (Phi) is 4.37. The first-order chi connectivity index (χ1) is 8.66.